The number of benzene rings is 2. The average molecular weight is 356 g/mol. The van der Waals surface area contributed by atoms with Crippen LogP contribution in [0.25, 0.3) is 0 Å². The van der Waals surface area contributed by atoms with Crippen LogP contribution in [0.2, 0.25) is 0 Å². The second-order valence-corrected chi connectivity index (χ2v) is 5.84. The zero-order chi connectivity index (χ0) is 19.1. The van der Waals surface area contributed by atoms with E-state index in [4.69, 9.17) is 9.84 Å². The summed E-state index contributed by atoms with van der Waals surface area (Å²) in [5.41, 5.74) is 0.484. The Morgan fingerprint density at radius 3 is 2.50 bits per heavy atom. The first-order valence-electron chi connectivity index (χ1n) is 8.02. The minimum atomic E-state index is -1.13. The van der Waals surface area contributed by atoms with E-state index in [0.717, 1.165) is 0 Å². The number of carbonyl (C=O) groups is 3. The quantitative estimate of drug-likeness (QED) is 0.707. The molecule has 136 valence electrons. The molecule has 2 amide bonds. The lowest BCUT2D eigenvalue weighted by molar-refractivity contribution is -0.123. The van der Waals surface area contributed by atoms with E-state index in [0.29, 0.717) is 5.75 Å². The Morgan fingerprint density at radius 1 is 1.08 bits per heavy atom. The maximum Gasteiger partial charge on any atom is 0.337 e. The third-order valence-corrected chi connectivity index (χ3v) is 3.32. The van der Waals surface area contributed by atoms with Crippen molar-refractivity contribution >= 4 is 23.5 Å². The van der Waals surface area contributed by atoms with Crippen molar-refractivity contribution in [3.05, 3.63) is 59.7 Å². The van der Waals surface area contributed by atoms with Crippen molar-refractivity contribution in [3.8, 4) is 5.75 Å². The van der Waals surface area contributed by atoms with Crippen LogP contribution in [0.3, 0.4) is 0 Å². The summed E-state index contributed by atoms with van der Waals surface area (Å²) in [7, 11) is 0. The highest BCUT2D eigenvalue weighted by Gasteiger charge is 2.13. The lowest BCUT2D eigenvalue weighted by Crippen LogP contribution is -2.34. The number of hydrogen-bond acceptors (Lipinski definition) is 4. The maximum absolute atomic E-state index is 12.4. The van der Waals surface area contributed by atoms with Crippen molar-refractivity contribution in [1.29, 1.82) is 0 Å². The van der Waals surface area contributed by atoms with Gasteiger partial charge in [0, 0.05) is 11.6 Å². The fraction of sp³-hybridized carbons (Fsp3) is 0.211. The van der Waals surface area contributed by atoms with Crippen LogP contribution < -0.4 is 15.4 Å². The zero-order valence-corrected chi connectivity index (χ0v) is 14.5. The number of carboxylic acid groups (broad SMARTS) is 1. The van der Waals surface area contributed by atoms with Gasteiger partial charge in [-0.3, -0.25) is 9.59 Å². The molecule has 2 rings (SSSR count). The molecule has 2 aromatic rings. The first-order valence-corrected chi connectivity index (χ1v) is 8.02. The van der Waals surface area contributed by atoms with Crippen molar-refractivity contribution in [2.75, 3.05) is 11.9 Å². The first-order chi connectivity index (χ1) is 12.4. The number of amides is 2. The molecule has 7 nitrogen and oxygen atoms in total. The standard InChI is InChI=1S/C19H20N2O5/c1-12(2)20-17(22)11-26-14-7-5-6-13(10-14)18(23)21-16-9-4-3-8-15(16)19(24)25/h3-10,12H,11H2,1-2H3,(H,20,22)(H,21,23)(H,24,25). The minimum Gasteiger partial charge on any atom is -0.484 e. The number of hydrogen-bond donors (Lipinski definition) is 3. The number of carboxylic acids is 1. The van der Waals surface area contributed by atoms with Crippen LogP contribution >= 0.6 is 0 Å². The summed E-state index contributed by atoms with van der Waals surface area (Å²) < 4.78 is 5.39. The molecule has 0 radical (unpaired) electrons. The van der Waals surface area contributed by atoms with Gasteiger partial charge in [0.15, 0.2) is 6.61 Å². The predicted octanol–water partition coefficient (Wildman–Crippen LogP) is 2.54. The zero-order valence-electron chi connectivity index (χ0n) is 14.5. The number of rotatable bonds is 7. The highest BCUT2D eigenvalue weighted by molar-refractivity contribution is 6.07. The molecule has 2 aromatic carbocycles. The Labute approximate surface area is 151 Å². The van der Waals surface area contributed by atoms with Gasteiger partial charge in [-0.2, -0.15) is 0 Å². The lowest BCUT2D eigenvalue weighted by atomic mass is 10.1. The first kappa shape index (κ1) is 19.0. The minimum absolute atomic E-state index is 0.00129. The van der Waals surface area contributed by atoms with Crippen molar-refractivity contribution in [3.63, 3.8) is 0 Å². The Bertz CT molecular complexity index is 817. The van der Waals surface area contributed by atoms with E-state index < -0.39 is 11.9 Å². The van der Waals surface area contributed by atoms with E-state index >= 15 is 0 Å². The fourth-order valence-electron chi connectivity index (χ4n) is 2.21. The van der Waals surface area contributed by atoms with Gasteiger partial charge in [0.05, 0.1) is 11.3 Å². The van der Waals surface area contributed by atoms with Crippen LogP contribution in [0, 0.1) is 0 Å². The molecule has 0 saturated heterocycles. The van der Waals surface area contributed by atoms with Gasteiger partial charge in [-0.25, -0.2) is 4.79 Å². The average Bonchev–Trinajstić information content (AvgIpc) is 2.60. The van der Waals surface area contributed by atoms with Crippen molar-refractivity contribution in [2.24, 2.45) is 0 Å². The second-order valence-electron chi connectivity index (χ2n) is 5.84. The normalized spacial score (nSPS) is 10.3. The van der Waals surface area contributed by atoms with Gasteiger partial charge in [-0.15, -0.1) is 0 Å². The molecule has 0 aromatic heterocycles. The summed E-state index contributed by atoms with van der Waals surface area (Å²) in [4.78, 5) is 35.2. The van der Waals surface area contributed by atoms with E-state index in [-0.39, 0.29) is 35.4 Å². The van der Waals surface area contributed by atoms with E-state index in [1.54, 1.807) is 30.3 Å². The van der Waals surface area contributed by atoms with Crippen LogP contribution in [0.5, 0.6) is 5.75 Å². The fourth-order valence-corrected chi connectivity index (χ4v) is 2.21. The van der Waals surface area contributed by atoms with Crippen LogP contribution in [0.4, 0.5) is 5.69 Å². The summed E-state index contributed by atoms with van der Waals surface area (Å²) in [6.45, 7) is 3.53. The Kier molecular flexibility index (Phi) is 6.32. The molecule has 0 unspecified atom stereocenters. The summed E-state index contributed by atoms with van der Waals surface area (Å²) in [5, 5.41) is 14.4. The van der Waals surface area contributed by atoms with E-state index in [1.807, 2.05) is 13.8 Å². The molecular formula is C19H20N2O5. The summed E-state index contributed by atoms with van der Waals surface area (Å²) in [5.74, 6) is -1.50. The van der Waals surface area contributed by atoms with Gasteiger partial charge in [-0.1, -0.05) is 18.2 Å². The summed E-state index contributed by atoms with van der Waals surface area (Å²) >= 11 is 0. The molecular weight excluding hydrogens is 336 g/mol. The summed E-state index contributed by atoms with van der Waals surface area (Å²) in [6.07, 6.45) is 0. The van der Waals surface area contributed by atoms with Crippen molar-refractivity contribution in [1.82, 2.24) is 5.32 Å². The Balaban J connectivity index is 2.06. The van der Waals surface area contributed by atoms with Gasteiger partial charge in [0.2, 0.25) is 0 Å². The maximum atomic E-state index is 12.4. The number of anilines is 1. The SMILES string of the molecule is CC(C)NC(=O)COc1cccc(C(=O)Nc2ccccc2C(=O)O)c1. The smallest absolute Gasteiger partial charge is 0.337 e. The topological polar surface area (TPSA) is 105 Å². The van der Waals surface area contributed by atoms with E-state index in [2.05, 4.69) is 10.6 Å². The molecule has 0 atom stereocenters. The van der Waals surface area contributed by atoms with Gasteiger partial charge in [0.1, 0.15) is 5.75 Å². The molecule has 0 saturated carbocycles. The Hall–Kier alpha value is -3.35. The van der Waals surface area contributed by atoms with Crippen molar-refractivity contribution in [2.45, 2.75) is 19.9 Å². The van der Waals surface area contributed by atoms with E-state index in [9.17, 15) is 14.4 Å². The molecule has 26 heavy (non-hydrogen) atoms. The number of nitrogens with one attached hydrogen (secondary N) is 2. The van der Waals surface area contributed by atoms with Crippen molar-refractivity contribution < 1.29 is 24.2 Å². The van der Waals surface area contributed by atoms with Crippen LogP contribution in [-0.4, -0.2) is 35.5 Å². The molecule has 0 bridgehead atoms. The van der Waals surface area contributed by atoms with Crippen LogP contribution in [-0.2, 0) is 4.79 Å². The van der Waals surface area contributed by atoms with Crippen LogP contribution in [0.1, 0.15) is 34.6 Å². The molecule has 0 aliphatic heterocycles. The number of aromatic carboxylic acids is 1. The molecule has 7 heteroatoms. The molecule has 3 N–H and O–H groups in total. The van der Waals surface area contributed by atoms with Gasteiger partial charge >= 0.3 is 5.97 Å². The number of carbonyl (C=O) groups excluding carboxylic acids is 2. The molecule has 0 aliphatic rings. The van der Waals surface area contributed by atoms with E-state index in [1.165, 1.54) is 18.2 Å². The highest BCUT2D eigenvalue weighted by atomic mass is 16.5. The van der Waals surface area contributed by atoms with Gasteiger partial charge in [-0.05, 0) is 44.2 Å². The lowest BCUT2D eigenvalue weighted by Gasteiger charge is -2.11. The number of ether oxygens (including phenoxy) is 1. The summed E-state index contributed by atoms with van der Waals surface area (Å²) in [6, 6.07) is 12.4. The third kappa shape index (κ3) is 5.34. The second kappa shape index (κ2) is 8.66. The highest BCUT2D eigenvalue weighted by Crippen LogP contribution is 2.18. The largest absolute Gasteiger partial charge is 0.484 e. The number of para-hydroxylation sites is 1. The molecule has 0 spiro atoms. The van der Waals surface area contributed by atoms with Gasteiger partial charge in [0.25, 0.3) is 11.8 Å². The molecule has 0 fully saturated rings. The molecule has 0 heterocycles. The Morgan fingerprint density at radius 2 is 1.81 bits per heavy atom. The van der Waals surface area contributed by atoms with Gasteiger partial charge < -0.3 is 20.5 Å². The monoisotopic (exact) mass is 356 g/mol. The molecule has 0 aliphatic carbocycles. The third-order valence-electron chi connectivity index (χ3n) is 3.32. The predicted molar refractivity (Wildman–Crippen MR) is 96.6 cm³/mol. The van der Waals surface area contributed by atoms with Crippen LogP contribution in [0.15, 0.2) is 48.5 Å².